The number of aryl methyl sites for hydroxylation is 1. The van der Waals surface area contributed by atoms with Crippen LogP contribution < -0.4 is 10.2 Å². The summed E-state index contributed by atoms with van der Waals surface area (Å²) in [7, 11) is 0. The lowest BCUT2D eigenvalue weighted by Gasteiger charge is -2.33. The average Bonchev–Trinajstić information content (AvgIpc) is 3.15. The number of carbonyl (C=O) groups is 1. The van der Waals surface area contributed by atoms with Crippen LogP contribution in [0.25, 0.3) is 5.78 Å². The Morgan fingerprint density at radius 1 is 1.30 bits per heavy atom. The van der Waals surface area contributed by atoms with Gasteiger partial charge in [-0.3, -0.25) is 4.79 Å². The molecule has 27 heavy (non-hydrogen) atoms. The second-order valence-corrected chi connectivity index (χ2v) is 7.16. The molecule has 1 aliphatic heterocycles. The van der Waals surface area contributed by atoms with Crippen LogP contribution in [0.3, 0.4) is 0 Å². The second-order valence-electron chi connectivity index (χ2n) is 7.16. The van der Waals surface area contributed by atoms with E-state index in [2.05, 4.69) is 44.0 Å². The van der Waals surface area contributed by atoms with Gasteiger partial charge in [-0.25, -0.2) is 4.98 Å². The lowest BCUT2D eigenvalue weighted by atomic mass is 9.96. The van der Waals surface area contributed by atoms with Crippen molar-refractivity contribution in [3.05, 3.63) is 18.1 Å². The van der Waals surface area contributed by atoms with Gasteiger partial charge in [0.05, 0.1) is 0 Å². The molecule has 0 aromatic carbocycles. The van der Waals surface area contributed by atoms with E-state index in [4.69, 9.17) is 0 Å². The van der Waals surface area contributed by atoms with E-state index >= 15 is 0 Å². The van der Waals surface area contributed by atoms with E-state index in [1.165, 1.54) is 6.33 Å². The Balaban J connectivity index is 1.48. The number of aromatic nitrogens is 4. The molecule has 2 aromatic rings. The molecule has 0 atom stereocenters. The van der Waals surface area contributed by atoms with E-state index in [1.54, 1.807) is 4.52 Å². The van der Waals surface area contributed by atoms with Crippen LogP contribution in [0.15, 0.2) is 12.4 Å². The Kier molecular flexibility index (Phi) is 6.60. The zero-order valence-corrected chi connectivity index (χ0v) is 16.7. The van der Waals surface area contributed by atoms with Crippen LogP contribution >= 0.6 is 0 Å². The molecule has 0 radical (unpaired) electrons. The van der Waals surface area contributed by atoms with E-state index in [0.29, 0.717) is 5.78 Å². The van der Waals surface area contributed by atoms with Gasteiger partial charge in [0, 0.05) is 37.3 Å². The van der Waals surface area contributed by atoms with Crippen molar-refractivity contribution in [2.24, 2.45) is 5.92 Å². The Hall–Kier alpha value is -2.22. The lowest BCUT2D eigenvalue weighted by molar-refractivity contribution is -0.125. The molecular weight excluding hydrogens is 342 g/mol. The number of nitrogens with zero attached hydrogens (tertiary/aromatic N) is 6. The third-order valence-electron chi connectivity index (χ3n) is 5.40. The first-order valence-electron chi connectivity index (χ1n) is 10.0. The first-order chi connectivity index (χ1) is 13.1. The van der Waals surface area contributed by atoms with Crippen LogP contribution in [0, 0.1) is 12.8 Å². The molecule has 148 valence electrons. The van der Waals surface area contributed by atoms with E-state index in [-0.39, 0.29) is 11.8 Å². The maximum absolute atomic E-state index is 12.5. The maximum Gasteiger partial charge on any atom is 0.254 e. The van der Waals surface area contributed by atoms with Crippen molar-refractivity contribution in [2.75, 3.05) is 44.2 Å². The molecule has 1 N–H and O–H groups in total. The fourth-order valence-electron chi connectivity index (χ4n) is 3.71. The monoisotopic (exact) mass is 373 g/mol. The summed E-state index contributed by atoms with van der Waals surface area (Å²) >= 11 is 0. The topological polar surface area (TPSA) is 78.7 Å². The summed E-state index contributed by atoms with van der Waals surface area (Å²) in [6, 6.07) is 2.04. The number of anilines is 1. The molecule has 3 heterocycles. The van der Waals surface area contributed by atoms with Crippen LogP contribution in [-0.2, 0) is 4.79 Å². The third kappa shape index (κ3) is 4.74. The highest BCUT2D eigenvalue weighted by molar-refractivity contribution is 5.78. The van der Waals surface area contributed by atoms with Crippen molar-refractivity contribution in [2.45, 2.75) is 40.0 Å². The average molecular weight is 374 g/mol. The number of hydrogen-bond donors (Lipinski definition) is 1. The van der Waals surface area contributed by atoms with Gasteiger partial charge in [0.25, 0.3) is 5.78 Å². The molecular formula is C19H31N7O. The maximum atomic E-state index is 12.5. The minimum Gasteiger partial charge on any atom is -0.356 e. The molecule has 1 fully saturated rings. The minimum atomic E-state index is 0.101. The number of fused-ring (bicyclic) bond motifs is 1. The number of carbonyl (C=O) groups excluding carboxylic acids is 1. The number of amides is 1. The Bertz CT molecular complexity index is 748. The van der Waals surface area contributed by atoms with Crippen molar-refractivity contribution >= 4 is 17.5 Å². The van der Waals surface area contributed by atoms with Crippen LogP contribution in [-0.4, -0.2) is 69.7 Å². The predicted molar refractivity (Wildman–Crippen MR) is 106 cm³/mol. The molecule has 0 spiro atoms. The summed E-state index contributed by atoms with van der Waals surface area (Å²) in [6.07, 6.45) is 4.26. The zero-order chi connectivity index (χ0) is 19.2. The van der Waals surface area contributed by atoms with Crippen molar-refractivity contribution in [3.8, 4) is 0 Å². The van der Waals surface area contributed by atoms with E-state index in [1.807, 2.05) is 13.0 Å². The third-order valence-corrected chi connectivity index (χ3v) is 5.40. The highest BCUT2D eigenvalue weighted by atomic mass is 16.1. The lowest BCUT2D eigenvalue weighted by Crippen LogP contribution is -2.41. The van der Waals surface area contributed by atoms with Gasteiger partial charge in [-0.05, 0) is 45.8 Å². The summed E-state index contributed by atoms with van der Waals surface area (Å²) in [5, 5.41) is 7.41. The molecule has 0 aliphatic carbocycles. The highest BCUT2D eigenvalue weighted by Crippen LogP contribution is 2.24. The van der Waals surface area contributed by atoms with Crippen LogP contribution in [0.2, 0.25) is 0 Å². The van der Waals surface area contributed by atoms with Gasteiger partial charge in [-0.2, -0.15) is 14.6 Å². The molecule has 1 saturated heterocycles. The Labute approximate surface area is 161 Å². The predicted octanol–water partition coefficient (Wildman–Crippen LogP) is 1.50. The van der Waals surface area contributed by atoms with E-state index < -0.39 is 0 Å². The largest absolute Gasteiger partial charge is 0.356 e. The summed E-state index contributed by atoms with van der Waals surface area (Å²) in [5.41, 5.74) is 0.929. The van der Waals surface area contributed by atoms with Gasteiger partial charge in [0.2, 0.25) is 5.91 Å². The zero-order valence-electron chi connectivity index (χ0n) is 16.7. The fraction of sp³-hybridized carbons (Fsp3) is 0.684. The minimum absolute atomic E-state index is 0.101. The molecule has 0 unspecified atom stereocenters. The number of rotatable bonds is 8. The molecule has 8 heteroatoms. The summed E-state index contributed by atoms with van der Waals surface area (Å²) in [6.45, 7) is 11.9. The molecule has 1 aliphatic rings. The van der Waals surface area contributed by atoms with Gasteiger partial charge >= 0.3 is 0 Å². The van der Waals surface area contributed by atoms with Crippen LogP contribution in [0.5, 0.6) is 0 Å². The number of nitrogens with one attached hydrogen (secondary N) is 1. The first kappa shape index (κ1) is 19.5. The van der Waals surface area contributed by atoms with E-state index in [9.17, 15) is 4.79 Å². The summed E-state index contributed by atoms with van der Waals surface area (Å²) in [4.78, 5) is 25.7. The van der Waals surface area contributed by atoms with Crippen molar-refractivity contribution in [3.63, 3.8) is 0 Å². The molecule has 3 rings (SSSR count). The van der Waals surface area contributed by atoms with Crippen molar-refractivity contribution < 1.29 is 4.79 Å². The summed E-state index contributed by atoms with van der Waals surface area (Å²) in [5.74, 6) is 1.93. The highest BCUT2D eigenvalue weighted by Gasteiger charge is 2.26. The quantitative estimate of drug-likeness (QED) is 0.707. The molecule has 2 aromatic heterocycles. The molecule has 1 amide bonds. The number of hydrogen-bond acceptors (Lipinski definition) is 6. The Morgan fingerprint density at radius 2 is 2.04 bits per heavy atom. The van der Waals surface area contributed by atoms with Gasteiger partial charge in [0.1, 0.15) is 12.1 Å². The van der Waals surface area contributed by atoms with E-state index in [0.717, 1.165) is 70.0 Å². The summed E-state index contributed by atoms with van der Waals surface area (Å²) < 4.78 is 1.78. The van der Waals surface area contributed by atoms with Crippen molar-refractivity contribution in [1.29, 1.82) is 0 Å². The van der Waals surface area contributed by atoms with Crippen LogP contribution in [0.1, 0.15) is 38.8 Å². The van der Waals surface area contributed by atoms with Crippen molar-refractivity contribution in [1.82, 2.24) is 29.8 Å². The van der Waals surface area contributed by atoms with Crippen LogP contribution in [0.4, 0.5) is 5.82 Å². The molecule has 0 bridgehead atoms. The number of piperidine rings is 1. The molecule has 8 nitrogen and oxygen atoms in total. The van der Waals surface area contributed by atoms with Gasteiger partial charge in [0.15, 0.2) is 0 Å². The smallest absolute Gasteiger partial charge is 0.254 e. The Morgan fingerprint density at radius 3 is 2.74 bits per heavy atom. The van der Waals surface area contributed by atoms with Gasteiger partial charge in [-0.1, -0.05) is 13.8 Å². The fourth-order valence-corrected chi connectivity index (χ4v) is 3.71. The SMILES string of the molecule is CCN(CC)CCCNC(=O)C1CCN(c2cc(C)nc3ncnn23)CC1. The van der Waals surface area contributed by atoms with Gasteiger partial charge < -0.3 is 15.1 Å². The second kappa shape index (κ2) is 9.12. The normalized spacial score (nSPS) is 15.6. The molecule has 0 saturated carbocycles. The van der Waals surface area contributed by atoms with Gasteiger partial charge in [-0.15, -0.1) is 0 Å². The first-order valence-corrected chi connectivity index (χ1v) is 10.0. The standard InChI is InChI=1S/C19H31N7O/c1-4-24(5-2)10-6-9-20-18(27)16-7-11-25(12-8-16)17-13-15(3)23-19-21-14-22-26(17)19/h13-14,16H,4-12H2,1-3H3,(H,20,27).